The highest BCUT2D eigenvalue weighted by molar-refractivity contribution is 7.92. The molecule has 0 aliphatic heterocycles. The van der Waals surface area contributed by atoms with Crippen LogP contribution in [0.5, 0.6) is 0 Å². The van der Waals surface area contributed by atoms with Crippen molar-refractivity contribution in [1.29, 1.82) is 0 Å². The number of aromatic nitrogens is 2. The molecule has 0 bridgehead atoms. The lowest BCUT2D eigenvalue weighted by molar-refractivity contribution is -0.142. The molecule has 0 saturated carbocycles. The fourth-order valence-electron chi connectivity index (χ4n) is 2.65. The van der Waals surface area contributed by atoms with Crippen LogP contribution < -0.4 is 4.31 Å². The summed E-state index contributed by atoms with van der Waals surface area (Å²) in [6, 6.07) is 5.50. The third-order valence-electron chi connectivity index (χ3n) is 4.39. The van der Waals surface area contributed by atoms with Gasteiger partial charge in [0.2, 0.25) is 16.0 Å². The monoisotopic (exact) mass is 449 g/mol. The van der Waals surface area contributed by atoms with Crippen molar-refractivity contribution in [3.63, 3.8) is 0 Å². The number of rotatable bonds is 8. The molecular weight excluding hydrogens is 425 g/mol. The number of esters is 1. The van der Waals surface area contributed by atoms with Crippen molar-refractivity contribution in [2.75, 3.05) is 24.7 Å². The molecule has 10 heteroatoms. The normalized spacial score (nSPS) is 11.7. The molecule has 0 fully saturated rings. The summed E-state index contributed by atoms with van der Waals surface area (Å²) in [6.07, 6.45) is 3.30. The summed E-state index contributed by atoms with van der Waals surface area (Å²) in [7, 11) is -1.11. The van der Waals surface area contributed by atoms with Crippen molar-refractivity contribution >= 4 is 33.8 Å². The standard InChI is InChI=1S/C21H24FN3O5S/c1-13(2)19-17(11-10-16(26)12-18(27)30-4)20(14-6-8-15(22)9-7-14)24-21(23-19)25(3)31(5,28)29/h6-11,13H,12H2,1-5H3/b11-10+. The van der Waals surface area contributed by atoms with Crippen molar-refractivity contribution in [1.82, 2.24) is 9.97 Å². The van der Waals surface area contributed by atoms with Crippen LogP contribution in [0.25, 0.3) is 17.3 Å². The first-order chi connectivity index (χ1) is 14.4. The van der Waals surface area contributed by atoms with Crippen molar-refractivity contribution in [3.05, 3.63) is 47.4 Å². The van der Waals surface area contributed by atoms with Gasteiger partial charge >= 0.3 is 5.97 Å². The summed E-state index contributed by atoms with van der Waals surface area (Å²) in [5.74, 6) is -1.81. The predicted octanol–water partition coefficient (Wildman–Crippen LogP) is 2.95. The van der Waals surface area contributed by atoms with E-state index in [2.05, 4.69) is 14.7 Å². The molecule has 0 saturated heterocycles. The Hall–Kier alpha value is -3.14. The number of allylic oxidation sites excluding steroid dienone is 1. The van der Waals surface area contributed by atoms with E-state index in [1.54, 1.807) is 0 Å². The summed E-state index contributed by atoms with van der Waals surface area (Å²) in [5.41, 5.74) is 1.78. The van der Waals surface area contributed by atoms with Gasteiger partial charge in [-0.25, -0.2) is 27.1 Å². The first-order valence-corrected chi connectivity index (χ1v) is 11.2. The van der Waals surface area contributed by atoms with Crippen molar-refractivity contribution in [3.8, 4) is 11.3 Å². The number of ether oxygens (including phenoxy) is 1. The number of hydrogen-bond acceptors (Lipinski definition) is 7. The van der Waals surface area contributed by atoms with Gasteiger partial charge in [0.05, 0.1) is 24.8 Å². The molecule has 8 nitrogen and oxygen atoms in total. The van der Waals surface area contributed by atoms with Crippen LogP contribution >= 0.6 is 0 Å². The van der Waals surface area contributed by atoms with E-state index in [-0.39, 0.29) is 11.9 Å². The van der Waals surface area contributed by atoms with Crippen molar-refractivity contribution < 1.29 is 27.1 Å². The summed E-state index contributed by atoms with van der Waals surface area (Å²) < 4.78 is 43.0. The van der Waals surface area contributed by atoms with Gasteiger partial charge < -0.3 is 4.74 Å². The van der Waals surface area contributed by atoms with E-state index in [1.807, 2.05) is 13.8 Å². The number of sulfonamides is 1. The minimum Gasteiger partial charge on any atom is -0.469 e. The second-order valence-corrected chi connectivity index (χ2v) is 9.13. The number of carbonyl (C=O) groups excluding carboxylic acids is 2. The second-order valence-electron chi connectivity index (χ2n) is 7.12. The lowest BCUT2D eigenvalue weighted by Gasteiger charge is -2.20. The molecule has 2 aromatic rings. The lowest BCUT2D eigenvalue weighted by Crippen LogP contribution is -2.27. The van der Waals surface area contributed by atoms with E-state index >= 15 is 0 Å². The number of nitrogens with zero attached hydrogens (tertiary/aromatic N) is 3. The summed E-state index contributed by atoms with van der Waals surface area (Å²) >= 11 is 0. The molecule has 0 unspecified atom stereocenters. The highest BCUT2D eigenvalue weighted by Gasteiger charge is 2.22. The molecule has 31 heavy (non-hydrogen) atoms. The number of carbonyl (C=O) groups is 2. The minimum atomic E-state index is -3.63. The molecule has 166 valence electrons. The van der Waals surface area contributed by atoms with Crippen LogP contribution in [-0.2, 0) is 24.3 Å². The first kappa shape index (κ1) is 24.1. The Balaban J connectivity index is 2.72. The summed E-state index contributed by atoms with van der Waals surface area (Å²) in [5, 5.41) is 0. The third kappa shape index (κ3) is 6.17. The smallest absolute Gasteiger partial charge is 0.313 e. The number of halogens is 1. The predicted molar refractivity (Wildman–Crippen MR) is 115 cm³/mol. The van der Waals surface area contributed by atoms with Gasteiger partial charge in [-0.05, 0) is 42.3 Å². The van der Waals surface area contributed by atoms with E-state index < -0.39 is 34.0 Å². The Morgan fingerprint density at radius 3 is 2.32 bits per heavy atom. The molecular formula is C21H24FN3O5S. The molecule has 1 aromatic carbocycles. The largest absolute Gasteiger partial charge is 0.469 e. The fraction of sp³-hybridized carbons (Fsp3) is 0.333. The highest BCUT2D eigenvalue weighted by Crippen LogP contribution is 2.31. The Labute approximate surface area is 180 Å². The Kier molecular flexibility index (Phi) is 7.61. The Morgan fingerprint density at radius 1 is 1.19 bits per heavy atom. The van der Waals surface area contributed by atoms with E-state index in [1.165, 1.54) is 50.6 Å². The summed E-state index contributed by atoms with van der Waals surface area (Å²) in [4.78, 5) is 32.2. The maximum Gasteiger partial charge on any atom is 0.313 e. The average molecular weight is 450 g/mol. The zero-order valence-electron chi connectivity index (χ0n) is 17.9. The zero-order valence-corrected chi connectivity index (χ0v) is 18.7. The maximum absolute atomic E-state index is 13.5. The van der Waals surface area contributed by atoms with Crippen molar-refractivity contribution in [2.24, 2.45) is 0 Å². The number of benzene rings is 1. The van der Waals surface area contributed by atoms with Gasteiger partial charge in [0, 0.05) is 18.2 Å². The van der Waals surface area contributed by atoms with Gasteiger partial charge in [-0.3, -0.25) is 9.59 Å². The molecule has 1 heterocycles. The number of ketones is 1. The molecule has 0 spiro atoms. The first-order valence-electron chi connectivity index (χ1n) is 9.33. The van der Waals surface area contributed by atoms with E-state index in [0.717, 1.165) is 10.6 Å². The number of hydrogen-bond donors (Lipinski definition) is 0. The van der Waals surface area contributed by atoms with Gasteiger partial charge in [0.15, 0.2) is 5.78 Å². The van der Waals surface area contributed by atoms with E-state index in [0.29, 0.717) is 22.5 Å². The van der Waals surface area contributed by atoms with Crippen LogP contribution in [0.15, 0.2) is 30.3 Å². The summed E-state index contributed by atoms with van der Waals surface area (Å²) in [6.45, 7) is 3.71. The van der Waals surface area contributed by atoms with Gasteiger partial charge in [-0.1, -0.05) is 13.8 Å². The topological polar surface area (TPSA) is 107 Å². The zero-order chi connectivity index (χ0) is 23.3. The van der Waals surface area contributed by atoms with Crippen LogP contribution in [0.4, 0.5) is 10.3 Å². The van der Waals surface area contributed by atoms with E-state index in [4.69, 9.17) is 0 Å². The van der Waals surface area contributed by atoms with E-state index in [9.17, 15) is 22.4 Å². The third-order valence-corrected chi connectivity index (χ3v) is 5.55. The molecule has 0 aliphatic carbocycles. The minimum absolute atomic E-state index is 0.0523. The molecule has 0 N–H and O–H groups in total. The molecule has 2 rings (SSSR count). The Morgan fingerprint density at radius 2 is 1.81 bits per heavy atom. The second kappa shape index (κ2) is 9.78. The van der Waals surface area contributed by atoms with Gasteiger partial charge in [0.25, 0.3) is 0 Å². The number of methoxy groups -OCH3 is 1. The van der Waals surface area contributed by atoms with Crippen molar-refractivity contribution in [2.45, 2.75) is 26.2 Å². The molecule has 0 aliphatic rings. The molecule has 0 atom stereocenters. The van der Waals surface area contributed by atoms with Crippen LogP contribution in [0.2, 0.25) is 0 Å². The van der Waals surface area contributed by atoms with Crippen LogP contribution in [0.3, 0.4) is 0 Å². The Bertz CT molecular complexity index is 1110. The quantitative estimate of drug-likeness (QED) is 0.346. The molecule has 1 aromatic heterocycles. The van der Waals surface area contributed by atoms with Crippen LogP contribution in [0.1, 0.15) is 37.4 Å². The molecule has 0 amide bonds. The SMILES string of the molecule is COC(=O)CC(=O)/C=C/c1c(-c2ccc(F)cc2)nc(N(C)S(C)(=O)=O)nc1C(C)C. The molecule has 0 radical (unpaired) electrons. The average Bonchev–Trinajstić information content (AvgIpc) is 2.70. The number of anilines is 1. The van der Waals surface area contributed by atoms with Gasteiger partial charge in [-0.2, -0.15) is 0 Å². The van der Waals surface area contributed by atoms with Crippen LogP contribution in [0, 0.1) is 5.82 Å². The maximum atomic E-state index is 13.5. The highest BCUT2D eigenvalue weighted by atomic mass is 32.2. The lowest BCUT2D eigenvalue weighted by atomic mass is 9.97. The van der Waals surface area contributed by atoms with Crippen LogP contribution in [-0.4, -0.2) is 50.6 Å². The van der Waals surface area contributed by atoms with Gasteiger partial charge in [0.1, 0.15) is 12.2 Å². The van der Waals surface area contributed by atoms with Gasteiger partial charge in [-0.15, -0.1) is 0 Å². The fourth-order valence-corrected chi connectivity index (χ4v) is 3.02.